The Balaban J connectivity index is 1.78. The van der Waals surface area contributed by atoms with Crippen LogP contribution in [0.15, 0.2) is 104 Å². The van der Waals surface area contributed by atoms with Crippen LogP contribution in [0.4, 0.5) is 0 Å². The lowest BCUT2D eigenvalue weighted by molar-refractivity contribution is -0.0865. The second-order valence-electron chi connectivity index (χ2n) is 7.87. The Kier molecular flexibility index (Phi) is 7.18. The van der Waals surface area contributed by atoms with Crippen LogP contribution in [-0.4, -0.2) is 45.2 Å². The Morgan fingerprint density at radius 1 is 0.750 bits per heavy atom. The highest BCUT2D eigenvalue weighted by Gasteiger charge is 2.46. The molecule has 3 aromatic carbocycles. The van der Waals surface area contributed by atoms with E-state index in [0.717, 1.165) is 16.7 Å². The first-order chi connectivity index (χ1) is 15.7. The lowest BCUT2D eigenvalue weighted by Gasteiger charge is -2.37. The molecule has 0 spiro atoms. The molecule has 1 heterocycles. The highest BCUT2D eigenvalue weighted by Crippen LogP contribution is 2.41. The van der Waals surface area contributed by atoms with Gasteiger partial charge < -0.3 is 18.9 Å². The van der Waals surface area contributed by atoms with Crippen LogP contribution in [0.3, 0.4) is 0 Å². The van der Waals surface area contributed by atoms with Crippen molar-refractivity contribution in [1.29, 1.82) is 0 Å². The predicted molar refractivity (Wildman–Crippen MR) is 126 cm³/mol. The second kappa shape index (κ2) is 10.2. The van der Waals surface area contributed by atoms with Gasteiger partial charge in [0.05, 0.1) is 6.61 Å². The third-order valence-electron chi connectivity index (χ3n) is 6.13. The highest BCUT2D eigenvalue weighted by atomic mass is 16.6. The number of hydrogen-bond donors (Lipinski definition) is 0. The topological polar surface area (TPSA) is 36.9 Å². The van der Waals surface area contributed by atoms with E-state index in [0.29, 0.717) is 6.61 Å². The second-order valence-corrected chi connectivity index (χ2v) is 7.87. The van der Waals surface area contributed by atoms with E-state index >= 15 is 0 Å². The molecule has 166 valence electrons. The fraction of sp³-hybridized carbons (Fsp3) is 0.286. The van der Waals surface area contributed by atoms with Crippen molar-refractivity contribution in [2.75, 3.05) is 20.8 Å². The maximum absolute atomic E-state index is 6.89. The molecule has 4 rings (SSSR count). The molecule has 1 aliphatic rings. The van der Waals surface area contributed by atoms with E-state index in [4.69, 9.17) is 18.9 Å². The monoisotopic (exact) mass is 430 g/mol. The maximum Gasteiger partial charge on any atom is 0.143 e. The molecule has 4 atom stereocenters. The first-order valence-electron chi connectivity index (χ1n) is 10.9. The molecule has 1 fully saturated rings. The minimum Gasteiger partial charge on any atom is -0.376 e. The van der Waals surface area contributed by atoms with Crippen LogP contribution < -0.4 is 0 Å². The van der Waals surface area contributed by atoms with E-state index in [2.05, 4.69) is 43.0 Å². The largest absolute Gasteiger partial charge is 0.376 e. The van der Waals surface area contributed by atoms with Crippen molar-refractivity contribution in [3.05, 3.63) is 120 Å². The summed E-state index contributed by atoms with van der Waals surface area (Å²) in [6.45, 7) is 4.22. The van der Waals surface area contributed by atoms with Gasteiger partial charge in [-0.15, -0.1) is 6.58 Å². The van der Waals surface area contributed by atoms with E-state index in [1.54, 1.807) is 20.3 Å². The van der Waals surface area contributed by atoms with E-state index < -0.39 is 5.60 Å². The summed E-state index contributed by atoms with van der Waals surface area (Å²) in [6, 6.07) is 30.9. The molecule has 4 heteroatoms. The summed E-state index contributed by atoms with van der Waals surface area (Å²) in [5, 5.41) is 0. The van der Waals surface area contributed by atoms with Crippen molar-refractivity contribution >= 4 is 0 Å². The van der Waals surface area contributed by atoms with Crippen molar-refractivity contribution in [1.82, 2.24) is 0 Å². The standard InChI is InChI=1S/C28H30O4/c1-4-24-26(29-2)27(30-3)25(32-24)20-31-28(21-14-8-5-9-15-21,22-16-10-6-11-17-22)23-18-12-7-13-19-23/h4-19,24-27H,1,20H2,2-3H3/t24?,25?,26-,27-/m1/s1. The Bertz CT molecular complexity index is 877. The molecular weight excluding hydrogens is 400 g/mol. The van der Waals surface area contributed by atoms with Crippen molar-refractivity contribution in [2.45, 2.75) is 30.0 Å². The van der Waals surface area contributed by atoms with E-state index in [1.807, 2.05) is 54.6 Å². The van der Waals surface area contributed by atoms with Gasteiger partial charge >= 0.3 is 0 Å². The number of benzene rings is 3. The zero-order valence-electron chi connectivity index (χ0n) is 18.6. The van der Waals surface area contributed by atoms with Crippen molar-refractivity contribution < 1.29 is 18.9 Å². The lowest BCUT2D eigenvalue weighted by Crippen LogP contribution is -2.41. The molecule has 1 saturated heterocycles. The fourth-order valence-corrected chi connectivity index (χ4v) is 4.61. The minimum atomic E-state index is -0.805. The van der Waals surface area contributed by atoms with Crippen molar-refractivity contribution in [2.24, 2.45) is 0 Å². The van der Waals surface area contributed by atoms with Gasteiger partial charge in [0, 0.05) is 14.2 Å². The molecule has 0 aromatic heterocycles. The summed E-state index contributed by atoms with van der Waals surface area (Å²) in [5.74, 6) is 0. The van der Waals surface area contributed by atoms with Crippen LogP contribution in [0.25, 0.3) is 0 Å². The zero-order valence-corrected chi connectivity index (χ0v) is 18.6. The number of ether oxygens (including phenoxy) is 4. The molecule has 1 aliphatic heterocycles. The van der Waals surface area contributed by atoms with Gasteiger partial charge in [-0.25, -0.2) is 0 Å². The van der Waals surface area contributed by atoms with Gasteiger partial charge in [0.25, 0.3) is 0 Å². The van der Waals surface area contributed by atoms with E-state index in [1.165, 1.54) is 0 Å². The number of rotatable bonds is 9. The van der Waals surface area contributed by atoms with Crippen LogP contribution in [0, 0.1) is 0 Å². The van der Waals surface area contributed by atoms with Gasteiger partial charge in [-0.2, -0.15) is 0 Å². The lowest BCUT2D eigenvalue weighted by atomic mass is 9.80. The van der Waals surface area contributed by atoms with Gasteiger partial charge in [0.15, 0.2) is 0 Å². The summed E-state index contributed by atoms with van der Waals surface area (Å²) >= 11 is 0. The molecule has 0 N–H and O–H groups in total. The third-order valence-corrected chi connectivity index (χ3v) is 6.13. The number of methoxy groups -OCH3 is 2. The Morgan fingerprint density at radius 2 is 1.19 bits per heavy atom. The maximum atomic E-state index is 6.89. The first kappa shape index (κ1) is 22.4. The van der Waals surface area contributed by atoms with Gasteiger partial charge in [0.1, 0.15) is 30.0 Å². The molecular formula is C28H30O4. The Labute approximate surface area is 190 Å². The van der Waals surface area contributed by atoms with E-state index in [-0.39, 0.29) is 24.4 Å². The average Bonchev–Trinajstić information content (AvgIpc) is 3.23. The van der Waals surface area contributed by atoms with Crippen molar-refractivity contribution in [3.8, 4) is 0 Å². The van der Waals surface area contributed by atoms with Crippen LogP contribution >= 0.6 is 0 Å². The molecule has 32 heavy (non-hydrogen) atoms. The molecule has 0 aliphatic carbocycles. The Morgan fingerprint density at radius 3 is 1.56 bits per heavy atom. The van der Waals surface area contributed by atoms with Gasteiger partial charge in [-0.3, -0.25) is 0 Å². The summed E-state index contributed by atoms with van der Waals surface area (Å²) < 4.78 is 24.5. The summed E-state index contributed by atoms with van der Waals surface area (Å²) in [5.41, 5.74) is 2.34. The normalized spacial score (nSPS) is 23.2. The Hall–Kier alpha value is -2.76. The quantitative estimate of drug-likeness (QED) is 0.354. The van der Waals surface area contributed by atoms with Crippen LogP contribution in [0.2, 0.25) is 0 Å². The SMILES string of the molecule is C=CC1OC(COC(c2ccccc2)(c2ccccc2)c2ccccc2)[C@@H](OC)[C@@H]1OC. The van der Waals surface area contributed by atoms with Gasteiger partial charge in [-0.1, -0.05) is 97.1 Å². The molecule has 3 aromatic rings. The molecule has 0 amide bonds. The minimum absolute atomic E-state index is 0.231. The fourth-order valence-electron chi connectivity index (χ4n) is 4.61. The smallest absolute Gasteiger partial charge is 0.143 e. The third kappa shape index (κ3) is 4.15. The zero-order chi connectivity index (χ0) is 22.4. The van der Waals surface area contributed by atoms with Crippen LogP contribution in [0.1, 0.15) is 16.7 Å². The summed E-state index contributed by atoms with van der Waals surface area (Å²) in [4.78, 5) is 0. The molecule has 0 radical (unpaired) electrons. The molecule has 4 nitrogen and oxygen atoms in total. The number of hydrogen-bond acceptors (Lipinski definition) is 4. The van der Waals surface area contributed by atoms with Crippen LogP contribution in [-0.2, 0) is 24.5 Å². The van der Waals surface area contributed by atoms with Crippen molar-refractivity contribution in [3.63, 3.8) is 0 Å². The molecule has 2 unspecified atom stereocenters. The average molecular weight is 431 g/mol. The van der Waals surface area contributed by atoms with E-state index in [9.17, 15) is 0 Å². The molecule has 0 bridgehead atoms. The van der Waals surface area contributed by atoms with Crippen LogP contribution in [0.5, 0.6) is 0 Å². The van der Waals surface area contributed by atoms with Gasteiger partial charge in [0.2, 0.25) is 0 Å². The van der Waals surface area contributed by atoms with Gasteiger partial charge in [-0.05, 0) is 16.7 Å². The highest BCUT2D eigenvalue weighted by molar-refractivity contribution is 5.47. The predicted octanol–water partition coefficient (Wildman–Crippen LogP) is 4.98. The summed E-state index contributed by atoms with van der Waals surface area (Å²) in [6.07, 6.45) is 0.717. The summed E-state index contributed by atoms with van der Waals surface area (Å²) in [7, 11) is 3.35. The first-order valence-corrected chi connectivity index (χ1v) is 10.9. The molecule has 0 saturated carbocycles.